The molecule has 24 heavy (non-hydrogen) atoms. The van der Waals surface area contributed by atoms with E-state index in [9.17, 15) is 9.59 Å². The lowest BCUT2D eigenvalue weighted by molar-refractivity contribution is -0.142. The van der Waals surface area contributed by atoms with E-state index < -0.39 is 0 Å². The highest BCUT2D eigenvalue weighted by Crippen LogP contribution is 2.40. The Kier molecular flexibility index (Phi) is 6.38. The van der Waals surface area contributed by atoms with Crippen molar-refractivity contribution >= 4 is 28.3 Å². The fourth-order valence-electron chi connectivity index (χ4n) is 3.23. The summed E-state index contributed by atoms with van der Waals surface area (Å²) in [6.07, 6.45) is 4.24. The molecule has 1 aromatic rings. The van der Waals surface area contributed by atoms with E-state index in [2.05, 4.69) is 31.1 Å². The van der Waals surface area contributed by atoms with Gasteiger partial charge in [0.05, 0.1) is 18.7 Å². The predicted octanol–water partition coefficient (Wildman–Crippen LogP) is 4.04. The van der Waals surface area contributed by atoms with Gasteiger partial charge in [-0.15, -0.1) is 11.3 Å². The maximum Gasteiger partial charge on any atom is 0.311 e. The predicted molar refractivity (Wildman–Crippen MR) is 96.0 cm³/mol. The molecule has 1 fully saturated rings. The summed E-state index contributed by atoms with van der Waals surface area (Å²) in [7, 11) is 0. The zero-order valence-electron chi connectivity index (χ0n) is 15.1. The van der Waals surface area contributed by atoms with Crippen molar-refractivity contribution in [3.05, 3.63) is 11.1 Å². The number of thiazole rings is 1. The summed E-state index contributed by atoms with van der Waals surface area (Å²) in [5.74, 6) is 0.527. The van der Waals surface area contributed by atoms with Crippen LogP contribution in [-0.2, 0) is 20.7 Å². The van der Waals surface area contributed by atoms with Gasteiger partial charge in [-0.25, -0.2) is 4.98 Å². The summed E-state index contributed by atoms with van der Waals surface area (Å²) in [5.41, 5.74) is 0.962. The minimum absolute atomic E-state index is 0.0550. The molecule has 0 aliphatic heterocycles. The van der Waals surface area contributed by atoms with Crippen LogP contribution in [0.15, 0.2) is 5.38 Å². The number of hydrogen-bond acceptors (Lipinski definition) is 5. The number of amides is 1. The molecule has 1 aliphatic rings. The molecular formula is C18H28N2O3S. The normalized spacial score (nSPS) is 21.3. The Hall–Kier alpha value is -1.43. The van der Waals surface area contributed by atoms with Gasteiger partial charge in [0.15, 0.2) is 5.13 Å². The Labute approximate surface area is 148 Å². The summed E-state index contributed by atoms with van der Waals surface area (Å²) < 4.78 is 4.91. The molecule has 1 N–H and O–H groups in total. The molecule has 6 heteroatoms. The number of nitrogens with one attached hydrogen (secondary N) is 1. The topological polar surface area (TPSA) is 68.3 Å². The highest BCUT2D eigenvalue weighted by molar-refractivity contribution is 7.13. The highest BCUT2D eigenvalue weighted by Gasteiger charge is 2.32. The number of aromatic nitrogens is 1. The van der Waals surface area contributed by atoms with Crippen LogP contribution in [-0.4, -0.2) is 23.5 Å². The van der Waals surface area contributed by atoms with Gasteiger partial charge in [-0.3, -0.25) is 9.59 Å². The third-order valence-electron chi connectivity index (χ3n) is 4.74. The maximum atomic E-state index is 12.4. The fourth-order valence-corrected chi connectivity index (χ4v) is 3.95. The van der Waals surface area contributed by atoms with Crippen LogP contribution in [0.3, 0.4) is 0 Å². The van der Waals surface area contributed by atoms with Gasteiger partial charge in [0, 0.05) is 11.3 Å². The molecule has 1 aliphatic carbocycles. The number of esters is 1. The van der Waals surface area contributed by atoms with Crippen molar-refractivity contribution in [2.24, 2.45) is 17.3 Å². The average Bonchev–Trinajstić information content (AvgIpc) is 2.93. The van der Waals surface area contributed by atoms with Crippen molar-refractivity contribution in [1.29, 1.82) is 0 Å². The van der Waals surface area contributed by atoms with Gasteiger partial charge in [-0.05, 0) is 43.9 Å². The van der Waals surface area contributed by atoms with Crippen LogP contribution in [0.25, 0.3) is 0 Å². The maximum absolute atomic E-state index is 12.4. The lowest BCUT2D eigenvalue weighted by atomic mass is 9.70. The summed E-state index contributed by atoms with van der Waals surface area (Å²) >= 11 is 1.36. The van der Waals surface area contributed by atoms with Crippen LogP contribution in [0.5, 0.6) is 0 Å². The first kappa shape index (κ1) is 18.9. The second kappa shape index (κ2) is 8.10. The van der Waals surface area contributed by atoms with Crippen LogP contribution in [0.4, 0.5) is 5.13 Å². The molecule has 0 spiro atoms. The third-order valence-corrected chi connectivity index (χ3v) is 5.54. The Morgan fingerprint density at radius 3 is 2.54 bits per heavy atom. The van der Waals surface area contributed by atoms with E-state index in [-0.39, 0.29) is 24.2 Å². The lowest BCUT2D eigenvalue weighted by Crippen LogP contribution is -2.31. The standard InChI is InChI=1S/C18H28N2O3S/c1-5-23-15(21)10-14-11-24-17(19-14)20-16(22)12-6-8-13(9-7-12)18(2,3)4/h11-13H,5-10H2,1-4H3,(H,19,20,22). The Morgan fingerprint density at radius 1 is 1.29 bits per heavy atom. The molecule has 0 aromatic carbocycles. The van der Waals surface area contributed by atoms with Crippen LogP contribution in [0.1, 0.15) is 59.1 Å². The smallest absolute Gasteiger partial charge is 0.311 e. The highest BCUT2D eigenvalue weighted by atomic mass is 32.1. The summed E-state index contributed by atoms with van der Waals surface area (Å²) in [4.78, 5) is 28.2. The van der Waals surface area contributed by atoms with E-state index in [4.69, 9.17) is 4.74 Å². The zero-order valence-corrected chi connectivity index (χ0v) is 15.9. The van der Waals surface area contributed by atoms with Gasteiger partial charge in [-0.2, -0.15) is 0 Å². The fraction of sp³-hybridized carbons (Fsp3) is 0.722. The molecule has 5 nitrogen and oxygen atoms in total. The summed E-state index contributed by atoms with van der Waals surface area (Å²) in [6.45, 7) is 8.97. The molecule has 0 bridgehead atoms. The van der Waals surface area contributed by atoms with Gasteiger partial charge in [-0.1, -0.05) is 20.8 Å². The molecule has 0 saturated heterocycles. The first-order valence-corrected chi connectivity index (χ1v) is 9.58. The average molecular weight is 353 g/mol. The van der Waals surface area contributed by atoms with Gasteiger partial charge in [0.25, 0.3) is 0 Å². The molecule has 0 unspecified atom stereocenters. The van der Waals surface area contributed by atoms with Crippen LogP contribution in [0.2, 0.25) is 0 Å². The zero-order chi connectivity index (χ0) is 17.7. The molecule has 0 atom stereocenters. The SMILES string of the molecule is CCOC(=O)Cc1csc(NC(=O)C2CCC(C(C)(C)C)CC2)n1. The van der Waals surface area contributed by atoms with Crippen LogP contribution >= 0.6 is 11.3 Å². The number of carbonyl (C=O) groups is 2. The summed E-state index contributed by atoms with van der Waals surface area (Å²) in [6, 6.07) is 0. The molecular weight excluding hydrogens is 324 g/mol. The molecule has 1 heterocycles. The Balaban J connectivity index is 1.83. The number of ether oxygens (including phenoxy) is 1. The lowest BCUT2D eigenvalue weighted by Gasteiger charge is -2.36. The van der Waals surface area contributed by atoms with Crippen LogP contribution in [0, 0.1) is 17.3 Å². The molecule has 134 valence electrons. The molecule has 1 saturated carbocycles. The first-order valence-electron chi connectivity index (χ1n) is 8.70. The van der Waals surface area contributed by atoms with Crippen molar-refractivity contribution in [3.63, 3.8) is 0 Å². The number of anilines is 1. The summed E-state index contributed by atoms with van der Waals surface area (Å²) in [5, 5.41) is 5.27. The van der Waals surface area contributed by atoms with Gasteiger partial charge >= 0.3 is 5.97 Å². The van der Waals surface area contributed by atoms with Crippen molar-refractivity contribution < 1.29 is 14.3 Å². The van der Waals surface area contributed by atoms with E-state index in [1.165, 1.54) is 11.3 Å². The third kappa shape index (κ3) is 5.30. The van der Waals surface area contributed by atoms with Crippen molar-refractivity contribution in [2.45, 2.75) is 59.8 Å². The number of nitrogens with zero attached hydrogens (tertiary/aromatic N) is 1. The van der Waals surface area contributed by atoms with E-state index in [1.54, 1.807) is 12.3 Å². The number of hydrogen-bond donors (Lipinski definition) is 1. The minimum atomic E-state index is -0.291. The minimum Gasteiger partial charge on any atom is -0.466 e. The van der Waals surface area contributed by atoms with Gasteiger partial charge in [0.2, 0.25) is 5.91 Å². The Morgan fingerprint density at radius 2 is 1.96 bits per heavy atom. The van der Waals surface area contributed by atoms with Crippen LogP contribution < -0.4 is 5.32 Å². The monoisotopic (exact) mass is 352 g/mol. The van der Waals surface area contributed by atoms with E-state index in [0.29, 0.717) is 28.8 Å². The van der Waals surface area contributed by atoms with Crippen molar-refractivity contribution in [3.8, 4) is 0 Å². The second-order valence-electron chi connectivity index (χ2n) is 7.53. The second-order valence-corrected chi connectivity index (χ2v) is 8.39. The first-order chi connectivity index (χ1) is 11.3. The molecule has 1 aromatic heterocycles. The molecule has 0 radical (unpaired) electrons. The Bertz CT molecular complexity index is 569. The van der Waals surface area contributed by atoms with E-state index in [0.717, 1.165) is 25.7 Å². The molecule has 1 amide bonds. The van der Waals surface area contributed by atoms with E-state index >= 15 is 0 Å². The largest absolute Gasteiger partial charge is 0.466 e. The van der Waals surface area contributed by atoms with Gasteiger partial charge < -0.3 is 10.1 Å². The number of rotatable bonds is 5. The quantitative estimate of drug-likeness (QED) is 0.812. The number of carbonyl (C=O) groups excluding carboxylic acids is 2. The van der Waals surface area contributed by atoms with Crippen molar-refractivity contribution in [2.75, 3.05) is 11.9 Å². The van der Waals surface area contributed by atoms with Gasteiger partial charge in [0.1, 0.15) is 0 Å². The van der Waals surface area contributed by atoms with Crippen molar-refractivity contribution in [1.82, 2.24) is 4.98 Å². The molecule has 2 rings (SSSR count). The van der Waals surface area contributed by atoms with E-state index in [1.807, 2.05) is 0 Å².